The molecule has 0 saturated heterocycles. The molecule has 0 aliphatic carbocycles. The molecule has 142 valence electrons. The summed E-state index contributed by atoms with van der Waals surface area (Å²) < 4.78 is 3.24. The maximum Gasteiger partial charge on any atom is 0.279 e. The number of nitrogens with one attached hydrogen (secondary N) is 2. The standard InChI is InChI=1S/C19H21N5O2.ClH/c1-11-4-5-13(8-12(11)2)22-17(25)15-10-21-24-18(15)23(3)16-6-7-20-9-14(16)19(24)26;/h4-5,8,10,20H,6-7,9H2,1-3H3,(H,22,25);1H. The monoisotopic (exact) mass is 387 g/mol. The van der Waals surface area contributed by atoms with E-state index in [0.29, 0.717) is 17.8 Å². The number of hydrogen-bond acceptors (Lipinski definition) is 4. The third-order valence-corrected chi connectivity index (χ3v) is 5.12. The van der Waals surface area contributed by atoms with Crippen molar-refractivity contribution in [3.8, 4) is 0 Å². The summed E-state index contributed by atoms with van der Waals surface area (Å²) in [4.78, 5) is 25.5. The lowest BCUT2D eigenvalue weighted by molar-refractivity contribution is 0.102. The molecule has 0 atom stereocenters. The van der Waals surface area contributed by atoms with Gasteiger partial charge in [-0.3, -0.25) is 9.59 Å². The van der Waals surface area contributed by atoms with E-state index in [1.807, 2.05) is 43.7 Å². The molecule has 0 fully saturated rings. The second-order valence-corrected chi connectivity index (χ2v) is 6.76. The fourth-order valence-corrected chi connectivity index (χ4v) is 3.49. The van der Waals surface area contributed by atoms with Crippen LogP contribution in [-0.4, -0.2) is 26.6 Å². The average Bonchev–Trinajstić information content (AvgIpc) is 3.08. The van der Waals surface area contributed by atoms with E-state index in [0.717, 1.165) is 35.5 Å². The molecule has 1 aliphatic rings. The van der Waals surface area contributed by atoms with Gasteiger partial charge in [0.1, 0.15) is 5.56 Å². The van der Waals surface area contributed by atoms with Gasteiger partial charge in [-0.15, -0.1) is 12.4 Å². The first-order valence-electron chi connectivity index (χ1n) is 8.65. The van der Waals surface area contributed by atoms with Crippen molar-refractivity contribution in [3.05, 3.63) is 62.7 Å². The Hall–Kier alpha value is -2.64. The molecule has 1 aliphatic heterocycles. The van der Waals surface area contributed by atoms with E-state index in [9.17, 15) is 9.59 Å². The van der Waals surface area contributed by atoms with Crippen molar-refractivity contribution in [2.75, 3.05) is 11.9 Å². The van der Waals surface area contributed by atoms with E-state index in [2.05, 4.69) is 15.7 Å². The number of aromatic nitrogens is 3. The summed E-state index contributed by atoms with van der Waals surface area (Å²) in [6.07, 6.45) is 2.22. The Morgan fingerprint density at radius 3 is 2.78 bits per heavy atom. The van der Waals surface area contributed by atoms with Gasteiger partial charge in [0.2, 0.25) is 0 Å². The van der Waals surface area contributed by atoms with Crippen molar-refractivity contribution in [1.29, 1.82) is 0 Å². The minimum Gasteiger partial charge on any atom is -0.332 e. The molecular formula is C19H22ClN5O2. The predicted octanol–water partition coefficient (Wildman–Crippen LogP) is 1.97. The fourth-order valence-electron chi connectivity index (χ4n) is 3.49. The van der Waals surface area contributed by atoms with Gasteiger partial charge in [0.25, 0.3) is 11.5 Å². The van der Waals surface area contributed by atoms with E-state index in [1.54, 1.807) is 0 Å². The molecule has 7 nitrogen and oxygen atoms in total. The molecule has 2 N–H and O–H groups in total. The summed E-state index contributed by atoms with van der Waals surface area (Å²) in [6.45, 7) is 5.38. The van der Waals surface area contributed by atoms with Gasteiger partial charge < -0.3 is 15.2 Å². The van der Waals surface area contributed by atoms with Gasteiger partial charge in [-0.05, 0) is 37.1 Å². The Morgan fingerprint density at radius 1 is 1.26 bits per heavy atom. The zero-order valence-corrected chi connectivity index (χ0v) is 16.3. The van der Waals surface area contributed by atoms with Crippen molar-refractivity contribution >= 4 is 29.6 Å². The summed E-state index contributed by atoms with van der Waals surface area (Å²) in [6, 6.07) is 5.78. The normalized spacial score (nSPS) is 13.1. The van der Waals surface area contributed by atoms with Crippen molar-refractivity contribution < 1.29 is 4.79 Å². The van der Waals surface area contributed by atoms with Crippen LogP contribution in [0.1, 0.15) is 32.7 Å². The molecule has 0 spiro atoms. The molecule has 0 bridgehead atoms. The van der Waals surface area contributed by atoms with Gasteiger partial charge in [0.05, 0.1) is 11.8 Å². The van der Waals surface area contributed by atoms with Crippen LogP contribution in [0.25, 0.3) is 5.65 Å². The Bertz CT molecular complexity index is 1100. The molecule has 0 saturated carbocycles. The van der Waals surface area contributed by atoms with Crippen molar-refractivity contribution in [2.45, 2.75) is 26.8 Å². The van der Waals surface area contributed by atoms with Crippen molar-refractivity contribution in [1.82, 2.24) is 19.5 Å². The van der Waals surface area contributed by atoms with Gasteiger partial charge in [-0.25, -0.2) is 0 Å². The highest BCUT2D eigenvalue weighted by atomic mass is 35.5. The lowest BCUT2D eigenvalue weighted by Crippen LogP contribution is -2.35. The van der Waals surface area contributed by atoms with E-state index >= 15 is 0 Å². The quantitative estimate of drug-likeness (QED) is 0.704. The number of benzene rings is 1. The first-order chi connectivity index (χ1) is 12.5. The van der Waals surface area contributed by atoms with Gasteiger partial charge in [-0.1, -0.05) is 6.07 Å². The number of aryl methyl sites for hydroxylation is 3. The van der Waals surface area contributed by atoms with Gasteiger partial charge in [0.15, 0.2) is 5.65 Å². The minimum atomic E-state index is -0.271. The third-order valence-electron chi connectivity index (χ3n) is 5.12. The van der Waals surface area contributed by atoms with Gasteiger partial charge >= 0.3 is 0 Å². The number of hydrogen-bond donors (Lipinski definition) is 2. The summed E-state index contributed by atoms with van der Waals surface area (Å²) in [5.74, 6) is -0.271. The number of nitrogens with zero attached hydrogens (tertiary/aromatic N) is 3. The zero-order chi connectivity index (χ0) is 18.4. The second-order valence-electron chi connectivity index (χ2n) is 6.76. The highest BCUT2D eigenvalue weighted by Gasteiger charge is 2.23. The van der Waals surface area contributed by atoms with E-state index in [-0.39, 0.29) is 23.9 Å². The number of rotatable bonds is 2. The molecule has 8 heteroatoms. The Morgan fingerprint density at radius 2 is 2.04 bits per heavy atom. The second kappa shape index (κ2) is 7.17. The van der Waals surface area contributed by atoms with E-state index in [4.69, 9.17) is 0 Å². The van der Waals surface area contributed by atoms with E-state index in [1.165, 1.54) is 16.3 Å². The number of halogens is 1. The Labute approximate surface area is 162 Å². The van der Waals surface area contributed by atoms with Crippen molar-refractivity contribution in [3.63, 3.8) is 0 Å². The molecule has 2 aromatic heterocycles. The molecule has 1 amide bonds. The molecule has 0 unspecified atom stereocenters. The van der Waals surface area contributed by atoms with Crippen LogP contribution < -0.4 is 16.2 Å². The Balaban J connectivity index is 0.00000210. The number of anilines is 1. The summed E-state index contributed by atoms with van der Waals surface area (Å²) in [7, 11) is 1.88. The number of amides is 1. The highest BCUT2D eigenvalue weighted by Crippen LogP contribution is 2.19. The predicted molar refractivity (Wildman–Crippen MR) is 107 cm³/mol. The molecule has 4 rings (SSSR count). The van der Waals surface area contributed by atoms with Gasteiger partial charge in [0, 0.05) is 37.9 Å². The lowest BCUT2D eigenvalue weighted by atomic mass is 10.1. The molecule has 0 radical (unpaired) electrons. The SMILES string of the molecule is Cc1ccc(NC(=O)c2cnn3c(=O)c4c(n(C)c23)CCNC4)cc1C.Cl. The molecular weight excluding hydrogens is 366 g/mol. The van der Waals surface area contributed by atoms with Crippen LogP contribution in [0.3, 0.4) is 0 Å². The number of carbonyl (C=O) groups is 1. The van der Waals surface area contributed by atoms with Crippen LogP contribution in [0, 0.1) is 13.8 Å². The van der Waals surface area contributed by atoms with Crippen LogP contribution in [-0.2, 0) is 20.0 Å². The van der Waals surface area contributed by atoms with Gasteiger partial charge in [-0.2, -0.15) is 9.61 Å². The summed E-state index contributed by atoms with van der Waals surface area (Å²) in [5, 5.41) is 10.3. The summed E-state index contributed by atoms with van der Waals surface area (Å²) >= 11 is 0. The van der Waals surface area contributed by atoms with Crippen LogP contribution in [0.2, 0.25) is 0 Å². The van der Waals surface area contributed by atoms with Crippen molar-refractivity contribution in [2.24, 2.45) is 7.05 Å². The van der Waals surface area contributed by atoms with Crippen LogP contribution in [0.4, 0.5) is 5.69 Å². The maximum absolute atomic E-state index is 12.8. The molecule has 1 aromatic carbocycles. The maximum atomic E-state index is 12.8. The average molecular weight is 388 g/mol. The van der Waals surface area contributed by atoms with Crippen LogP contribution >= 0.6 is 12.4 Å². The third kappa shape index (κ3) is 3.13. The zero-order valence-electron chi connectivity index (χ0n) is 15.5. The number of fused-ring (bicyclic) bond motifs is 2. The first-order valence-corrected chi connectivity index (χ1v) is 8.65. The largest absolute Gasteiger partial charge is 0.332 e. The minimum absolute atomic E-state index is 0. The molecule has 27 heavy (non-hydrogen) atoms. The van der Waals surface area contributed by atoms with Crippen LogP contribution in [0.5, 0.6) is 0 Å². The van der Waals surface area contributed by atoms with Crippen LogP contribution in [0.15, 0.2) is 29.2 Å². The van der Waals surface area contributed by atoms with E-state index < -0.39 is 0 Å². The number of carbonyl (C=O) groups excluding carboxylic acids is 1. The highest BCUT2D eigenvalue weighted by molar-refractivity contribution is 6.08. The molecule has 3 heterocycles. The fraction of sp³-hybridized carbons (Fsp3) is 0.316. The summed E-state index contributed by atoms with van der Waals surface area (Å²) in [5.41, 5.74) is 5.44. The smallest absolute Gasteiger partial charge is 0.279 e. The Kier molecular flexibility index (Phi) is 5.08. The first kappa shape index (κ1) is 19.1. The topological polar surface area (TPSA) is 80.4 Å². The lowest BCUT2D eigenvalue weighted by Gasteiger charge is -2.20. The molecule has 3 aromatic rings.